The predicted octanol–water partition coefficient (Wildman–Crippen LogP) is 4.64. The van der Waals surface area contributed by atoms with Gasteiger partial charge in [0.2, 0.25) is 0 Å². The van der Waals surface area contributed by atoms with Gasteiger partial charge in [-0.25, -0.2) is 0 Å². The van der Waals surface area contributed by atoms with Crippen LogP contribution in [0.4, 0.5) is 0 Å². The zero-order valence-corrected chi connectivity index (χ0v) is 14.0. The van der Waals surface area contributed by atoms with Crippen LogP contribution in [-0.4, -0.2) is 17.3 Å². The Balaban J connectivity index is 1.94. The summed E-state index contributed by atoms with van der Waals surface area (Å²) < 4.78 is 5.11. The van der Waals surface area contributed by atoms with E-state index in [-0.39, 0.29) is 5.75 Å². The van der Waals surface area contributed by atoms with Crippen molar-refractivity contribution in [2.75, 3.05) is 7.11 Å². The minimum absolute atomic E-state index is 0.170. The van der Waals surface area contributed by atoms with Crippen molar-refractivity contribution in [3.63, 3.8) is 0 Å². The molecule has 2 N–H and O–H groups in total. The number of aryl methyl sites for hydroxylation is 1. The molecule has 0 aromatic heterocycles. The molecule has 0 unspecified atom stereocenters. The zero-order valence-electron chi connectivity index (χ0n) is 14.0. The molecule has 0 spiro atoms. The Hall–Kier alpha value is -2.16. The summed E-state index contributed by atoms with van der Waals surface area (Å²) >= 11 is 0. The van der Waals surface area contributed by atoms with E-state index >= 15 is 0 Å². The fourth-order valence-corrected chi connectivity index (χ4v) is 3.99. The summed E-state index contributed by atoms with van der Waals surface area (Å²) in [6, 6.07) is 9.38. The lowest BCUT2D eigenvalue weighted by Gasteiger charge is -2.15. The number of ether oxygens (including phenoxy) is 1. The molecule has 0 heterocycles. The number of aromatic hydroxyl groups is 2. The molecular weight excluding hydrogens is 288 g/mol. The largest absolute Gasteiger partial charge is 0.508 e. The van der Waals surface area contributed by atoms with Crippen LogP contribution in [0.15, 0.2) is 30.3 Å². The fourth-order valence-electron chi connectivity index (χ4n) is 3.99. The van der Waals surface area contributed by atoms with E-state index in [0.29, 0.717) is 23.3 Å². The number of phenols is 2. The topological polar surface area (TPSA) is 49.7 Å². The average Bonchev–Trinajstić information content (AvgIpc) is 2.91. The van der Waals surface area contributed by atoms with Gasteiger partial charge in [0.1, 0.15) is 5.75 Å². The third-order valence-corrected chi connectivity index (χ3v) is 5.09. The number of fused-ring (bicyclic) bond motifs is 1. The summed E-state index contributed by atoms with van der Waals surface area (Å²) in [5.74, 6) is 1.87. The quantitative estimate of drug-likeness (QED) is 0.864. The van der Waals surface area contributed by atoms with Crippen molar-refractivity contribution in [2.45, 2.75) is 44.9 Å². The van der Waals surface area contributed by atoms with Crippen molar-refractivity contribution in [1.29, 1.82) is 0 Å². The van der Waals surface area contributed by atoms with Gasteiger partial charge in [-0.05, 0) is 72.9 Å². The first-order chi connectivity index (χ1) is 11.0. The zero-order chi connectivity index (χ0) is 16.6. The average molecular weight is 312 g/mol. The minimum atomic E-state index is 0.170. The number of phenolic OH excluding ortho intramolecular Hbond substituents is 2. The molecule has 0 radical (unpaired) electrons. The van der Waals surface area contributed by atoms with Gasteiger partial charge in [0, 0.05) is 5.56 Å². The Morgan fingerprint density at radius 2 is 1.83 bits per heavy atom. The molecule has 0 bridgehead atoms. The molecule has 3 nitrogen and oxygen atoms in total. The predicted molar refractivity (Wildman–Crippen MR) is 91.6 cm³/mol. The van der Waals surface area contributed by atoms with Crippen LogP contribution in [-0.2, 0) is 6.42 Å². The first-order valence-corrected chi connectivity index (χ1v) is 8.23. The first-order valence-electron chi connectivity index (χ1n) is 8.23. The highest BCUT2D eigenvalue weighted by Crippen LogP contribution is 2.50. The van der Waals surface area contributed by atoms with Crippen LogP contribution >= 0.6 is 0 Å². The maximum absolute atomic E-state index is 10.4. The molecule has 3 heteroatoms. The lowest BCUT2D eigenvalue weighted by molar-refractivity contribution is 0.373. The van der Waals surface area contributed by atoms with Gasteiger partial charge in [-0.3, -0.25) is 0 Å². The molecule has 0 amide bonds. The molecule has 2 aromatic carbocycles. The molecule has 2 atom stereocenters. The molecule has 122 valence electrons. The van der Waals surface area contributed by atoms with Crippen molar-refractivity contribution >= 4 is 0 Å². The monoisotopic (exact) mass is 312 g/mol. The van der Waals surface area contributed by atoms with Gasteiger partial charge in [-0.2, -0.15) is 0 Å². The summed E-state index contributed by atoms with van der Waals surface area (Å²) in [4.78, 5) is 0. The number of rotatable bonds is 4. The standard InChI is InChI=1S/C20H24O3/c1-4-14-11-15(20-16(21)7-5-12(2)19(14)20)9-13-6-8-18(23-3)17(22)10-13/h5-8,10,14-15,21-22H,4,9,11H2,1-3H3/t14-,15-/m0/s1. The molecule has 1 aliphatic rings. The second-order valence-electron chi connectivity index (χ2n) is 6.48. The molecule has 0 fully saturated rings. The molecule has 23 heavy (non-hydrogen) atoms. The van der Waals surface area contributed by atoms with Crippen LogP contribution in [0, 0.1) is 6.92 Å². The fraction of sp³-hybridized carbons (Fsp3) is 0.400. The molecule has 2 aromatic rings. The third-order valence-electron chi connectivity index (χ3n) is 5.09. The third kappa shape index (κ3) is 2.76. The van der Waals surface area contributed by atoms with E-state index in [9.17, 15) is 10.2 Å². The van der Waals surface area contributed by atoms with Crippen molar-refractivity contribution in [3.8, 4) is 17.2 Å². The first kappa shape index (κ1) is 15.7. The normalized spacial score (nSPS) is 19.6. The van der Waals surface area contributed by atoms with E-state index in [4.69, 9.17) is 4.74 Å². The number of hydrogen-bond acceptors (Lipinski definition) is 3. The van der Waals surface area contributed by atoms with Crippen molar-refractivity contribution in [3.05, 3.63) is 52.6 Å². The number of hydrogen-bond donors (Lipinski definition) is 2. The van der Waals surface area contributed by atoms with Gasteiger partial charge in [-0.15, -0.1) is 0 Å². The lowest BCUT2D eigenvalue weighted by atomic mass is 9.92. The van der Waals surface area contributed by atoms with Crippen molar-refractivity contribution < 1.29 is 14.9 Å². The number of benzene rings is 2. The maximum atomic E-state index is 10.4. The van der Waals surface area contributed by atoms with Crippen LogP contribution in [0.5, 0.6) is 17.2 Å². The van der Waals surface area contributed by atoms with Gasteiger partial charge in [-0.1, -0.05) is 19.1 Å². The van der Waals surface area contributed by atoms with E-state index in [1.165, 1.54) is 11.1 Å². The molecule has 0 aliphatic heterocycles. The Morgan fingerprint density at radius 1 is 1.04 bits per heavy atom. The molecular formula is C20H24O3. The lowest BCUT2D eigenvalue weighted by Crippen LogP contribution is -2.00. The Labute approximate surface area is 137 Å². The highest BCUT2D eigenvalue weighted by atomic mass is 16.5. The summed E-state index contributed by atoms with van der Waals surface area (Å²) in [6.07, 6.45) is 2.96. The van der Waals surface area contributed by atoms with E-state index in [1.807, 2.05) is 18.2 Å². The Kier molecular flexibility index (Phi) is 4.20. The van der Waals surface area contributed by atoms with E-state index in [1.54, 1.807) is 19.2 Å². The molecule has 1 aliphatic carbocycles. The molecule has 0 saturated carbocycles. The van der Waals surface area contributed by atoms with Gasteiger partial charge in [0.25, 0.3) is 0 Å². The highest BCUT2D eigenvalue weighted by molar-refractivity contribution is 5.52. The van der Waals surface area contributed by atoms with Gasteiger partial charge < -0.3 is 14.9 Å². The van der Waals surface area contributed by atoms with Crippen molar-refractivity contribution in [2.24, 2.45) is 0 Å². The van der Waals surface area contributed by atoms with Gasteiger partial charge in [0.15, 0.2) is 11.5 Å². The summed E-state index contributed by atoms with van der Waals surface area (Å²) in [5.41, 5.74) is 4.77. The smallest absolute Gasteiger partial charge is 0.160 e. The van der Waals surface area contributed by atoms with Crippen LogP contribution in [0.2, 0.25) is 0 Å². The second kappa shape index (κ2) is 6.15. The molecule has 3 rings (SSSR count). The second-order valence-corrected chi connectivity index (χ2v) is 6.48. The number of methoxy groups -OCH3 is 1. The van der Waals surface area contributed by atoms with E-state index in [0.717, 1.165) is 30.4 Å². The van der Waals surface area contributed by atoms with Crippen molar-refractivity contribution in [1.82, 2.24) is 0 Å². The Bertz CT molecular complexity index is 721. The SMILES string of the molecule is CC[C@H]1C[C@H](Cc2ccc(OC)c(O)c2)c2c(O)ccc(C)c21. The molecule has 0 saturated heterocycles. The van der Waals surface area contributed by atoms with Crippen LogP contribution in [0.1, 0.15) is 53.9 Å². The van der Waals surface area contributed by atoms with Gasteiger partial charge >= 0.3 is 0 Å². The van der Waals surface area contributed by atoms with E-state index < -0.39 is 0 Å². The van der Waals surface area contributed by atoms with Crippen LogP contribution < -0.4 is 4.74 Å². The van der Waals surface area contributed by atoms with Gasteiger partial charge in [0.05, 0.1) is 7.11 Å². The summed E-state index contributed by atoms with van der Waals surface area (Å²) in [6.45, 7) is 4.34. The van der Waals surface area contributed by atoms with Crippen LogP contribution in [0.25, 0.3) is 0 Å². The van der Waals surface area contributed by atoms with Crippen LogP contribution in [0.3, 0.4) is 0 Å². The maximum Gasteiger partial charge on any atom is 0.160 e. The summed E-state index contributed by atoms with van der Waals surface area (Å²) in [5, 5.41) is 20.4. The summed E-state index contributed by atoms with van der Waals surface area (Å²) in [7, 11) is 1.55. The highest BCUT2D eigenvalue weighted by Gasteiger charge is 2.33. The Morgan fingerprint density at radius 3 is 2.48 bits per heavy atom. The minimum Gasteiger partial charge on any atom is -0.508 e. The van der Waals surface area contributed by atoms with E-state index in [2.05, 4.69) is 13.8 Å².